The van der Waals surface area contributed by atoms with Gasteiger partial charge in [-0.15, -0.1) is 0 Å². The molecule has 0 N–H and O–H groups in total. The van der Waals surface area contributed by atoms with Crippen LogP contribution in [0.2, 0.25) is 0 Å². The first-order valence-electron chi connectivity index (χ1n) is 10.1. The molecule has 2 heterocycles. The van der Waals surface area contributed by atoms with Crippen LogP contribution in [0, 0.1) is 6.92 Å². The number of carbonyl (C=O) groups is 1. The molecule has 7 nitrogen and oxygen atoms in total. The van der Waals surface area contributed by atoms with Crippen LogP contribution in [-0.2, 0) is 21.1 Å². The molecule has 3 aromatic rings. The summed E-state index contributed by atoms with van der Waals surface area (Å²) in [6, 6.07) is 14.3. The van der Waals surface area contributed by atoms with Gasteiger partial charge in [-0.05, 0) is 49.6 Å². The lowest BCUT2D eigenvalue weighted by atomic mass is 10.0. The van der Waals surface area contributed by atoms with Gasteiger partial charge in [-0.25, -0.2) is 8.42 Å². The largest absolute Gasteiger partial charge is 0.495 e. The molecule has 0 fully saturated rings. The smallest absolute Gasteiger partial charge is 0.228 e. The van der Waals surface area contributed by atoms with Crippen molar-refractivity contribution in [2.24, 2.45) is 0 Å². The molecule has 1 aliphatic heterocycles. The lowest BCUT2D eigenvalue weighted by molar-refractivity contribution is -0.118. The third kappa shape index (κ3) is 4.34. The normalized spacial score (nSPS) is 13.7. The second-order valence-corrected chi connectivity index (χ2v) is 9.62. The lowest BCUT2D eigenvalue weighted by Crippen LogP contribution is -2.36. The summed E-state index contributed by atoms with van der Waals surface area (Å²) < 4.78 is 36.8. The fourth-order valence-corrected chi connectivity index (χ4v) is 5.26. The summed E-state index contributed by atoms with van der Waals surface area (Å²) >= 11 is 0. The molecule has 1 amide bonds. The number of hydrogen-bond acceptors (Lipinski definition) is 6. The Morgan fingerprint density at radius 3 is 2.74 bits per heavy atom. The van der Waals surface area contributed by atoms with E-state index < -0.39 is 9.84 Å². The Hall–Kier alpha value is -3.13. The SMILES string of the molecule is COc1ccc(-c2cc(C)no2)cc1S(=O)(=O)CCC(=O)N1CCCc2ccccc21. The molecule has 0 atom stereocenters. The second kappa shape index (κ2) is 8.55. The number of aromatic nitrogens is 1. The van der Waals surface area contributed by atoms with Gasteiger partial charge in [0, 0.05) is 30.3 Å². The predicted octanol–water partition coefficient (Wildman–Crippen LogP) is 3.80. The molecule has 0 spiro atoms. The molecule has 2 aromatic carbocycles. The molecule has 31 heavy (non-hydrogen) atoms. The maximum absolute atomic E-state index is 13.1. The lowest BCUT2D eigenvalue weighted by Gasteiger charge is -2.29. The molecule has 4 rings (SSSR count). The minimum absolute atomic E-state index is 0.0356. The predicted molar refractivity (Wildman–Crippen MR) is 117 cm³/mol. The molecule has 0 radical (unpaired) electrons. The van der Waals surface area contributed by atoms with Crippen molar-refractivity contribution < 1.29 is 22.5 Å². The van der Waals surface area contributed by atoms with Crippen LogP contribution in [0.25, 0.3) is 11.3 Å². The van der Waals surface area contributed by atoms with Crippen LogP contribution in [0.3, 0.4) is 0 Å². The first kappa shape index (κ1) is 21.1. The Kier molecular flexibility index (Phi) is 5.82. The van der Waals surface area contributed by atoms with Gasteiger partial charge in [0.15, 0.2) is 15.6 Å². The van der Waals surface area contributed by atoms with E-state index in [1.807, 2.05) is 24.3 Å². The van der Waals surface area contributed by atoms with E-state index in [1.165, 1.54) is 13.2 Å². The molecule has 0 bridgehead atoms. The van der Waals surface area contributed by atoms with Crippen molar-refractivity contribution in [2.45, 2.75) is 31.1 Å². The molecule has 1 aliphatic rings. The first-order chi connectivity index (χ1) is 14.9. The van der Waals surface area contributed by atoms with E-state index in [4.69, 9.17) is 9.26 Å². The third-order valence-electron chi connectivity index (χ3n) is 5.41. The van der Waals surface area contributed by atoms with Gasteiger partial charge in [0.05, 0.1) is 18.6 Å². The number of methoxy groups -OCH3 is 1. The van der Waals surface area contributed by atoms with Gasteiger partial charge >= 0.3 is 0 Å². The summed E-state index contributed by atoms with van der Waals surface area (Å²) in [5.41, 5.74) is 3.26. The zero-order chi connectivity index (χ0) is 22.0. The van der Waals surface area contributed by atoms with Gasteiger partial charge in [0.25, 0.3) is 0 Å². The summed E-state index contributed by atoms with van der Waals surface area (Å²) in [5.74, 6) is 0.199. The number of sulfone groups is 1. The number of benzene rings is 2. The van der Waals surface area contributed by atoms with Crippen LogP contribution in [0.15, 0.2) is 57.9 Å². The van der Waals surface area contributed by atoms with E-state index in [0.29, 0.717) is 23.6 Å². The Balaban J connectivity index is 1.56. The summed E-state index contributed by atoms with van der Waals surface area (Å²) in [7, 11) is -2.35. The number of amides is 1. The highest BCUT2D eigenvalue weighted by molar-refractivity contribution is 7.91. The summed E-state index contributed by atoms with van der Waals surface area (Å²) in [6.45, 7) is 2.39. The van der Waals surface area contributed by atoms with Crippen molar-refractivity contribution in [3.63, 3.8) is 0 Å². The van der Waals surface area contributed by atoms with E-state index in [-0.39, 0.29) is 28.7 Å². The monoisotopic (exact) mass is 440 g/mol. The summed E-state index contributed by atoms with van der Waals surface area (Å²) in [4.78, 5) is 14.6. The topological polar surface area (TPSA) is 89.7 Å². The Morgan fingerprint density at radius 1 is 1.19 bits per heavy atom. The number of hydrogen-bond donors (Lipinski definition) is 0. The quantitative estimate of drug-likeness (QED) is 0.579. The van der Waals surface area contributed by atoms with Crippen molar-refractivity contribution in [1.29, 1.82) is 0 Å². The maximum Gasteiger partial charge on any atom is 0.228 e. The van der Waals surface area contributed by atoms with Gasteiger partial charge in [0.1, 0.15) is 10.6 Å². The number of aryl methyl sites for hydroxylation is 2. The van der Waals surface area contributed by atoms with E-state index in [2.05, 4.69) is 5.16 Å². The Labute approximate surface area is 181 Å². The summed E-state index contributed by atoms with van der Waals surface area (Å²) in [6.07, 6.45) is 1.68. The molecule has 162 valence electrons. The zero-order valence-electron chi connectivity index (χ0n) is 17.5. The van der Waals surface area contributed by atoms with Gasteiger partial charge in [-0.2, -0.15) is 0 Å². The van der Waals surface area contributed by atoms with Crippen LogP contribution >= 0.6 is 0 Å². The third-order valence-corrected chi connectivity index (χ3v) is 7.14. The number of nitrogens with zero attached hydrogens (tertiary/aromatic N) is 2. The number of carbonyl (C=O) groups excluding carboxylic acids is 1. The van der Waals surface area contributed by atoms with Crippen LogP contribution in [-0.4, -0.2) is 38.9 Å². The van der Waals surface area contributed by atoms with Crippen molar-refractivity contribution in [3.05, 3.63) is 59.8 Å². The Bertz CT molecular complexity index is 1220. The molecule has 1 aromatic heterocycles. The highest BCUT2D eigenvalue weighted by Crippen LogP contribution is 2.32. The maximum atomic E-state index is 13.1. The van der Waals surface area contributed by atoms with Crippen LogP contribution in [0.1, 0.15) is 24.1 Å². The average molecular weight is 441 g/mol. The highest BCUT2D eigenvalue weighted by atomic mass is 32.2. The van der Waals surface area contributed by atoms with Crippen LogP contribution in [0.5, 0.6) is 5.75 Å². The minimum Gasteiger partial charge on any atom is -0.495 e. The van der Waals surface area contributed by atoms with Gasteiger partial charge in [-0.1, -0.05) is 23.4 Å². The molecule has 0 aliphatic carbocycles. The van der Waals surface area contributed by atoms with E-state index in [0.717, 1.165) is 24.1 Å². The molecule has 8 heteroatoms. The Morgan fingerprint density at radius 2 is 2.00 bits per heavy atom. The van der Waals surface area contributed by atoms with E-state index in [1.54, 1.807) is 30.0 Å². The number of ether oxygens (including phenoxy) is 1. The molecular formula is C23H24N2O5S. The van der Waals surface area contributed by atoms with Gasteiger partial charge in [0.2, 0.25) is 5.91 Å². The fraction of sp³-hybridized carbons (Fsp3) is 0.304. The van der Waals surface area contributed by atoms with Crippen LogP contribution < -0.4 is 9.64 Å². The van der Waals surface area contributed by atoms with Gasteiger partial charge in [-0.3, -0.25) is 4.79 Å². The fourth-order valence-electron chi connectivity index (χ4n) is 3.83. The van der Waals surface area contributed by atoms with E-state index >= 15 is 0 Å². The number of fused-ring (bicyclic) bond motifs is 1. The molecule has 0 saturated heterocycles. The zero-order valence-corrected chi connectivity index (χ0v) is 18.3. The second-order valence-electron chi connectivity index (χ2n) is 7.54. The van der Waals surface area contributed by atoms with E-state index in [9.17, 15) is 13.2 Å². The first-order valence-corrected chi connectivity index (χ1v) is 11.8. The molecule has 0 unspecified atom stereocenters. The standard InChI is InChI=1S/C23H24N2O5S/c1-16-14-21(30-24-16)18-9-10-20(29-2)22(15-18)31(27,28)13-11-23(26)25-12-5-7-17-6-3-4-8-19(17)25/h3-4,6,8-10,14-15H,5,7,11-13H2,1-2H3. The van der Waals surface area contributed by atoms with Gasteiger partial charge < -0.3 is 14.2 Å². The molecule has 0 saturated carbocycles. The number of anilines is 1. The average Bonchev–Trinajstić information content (AvgIpc) is 3.23. The van der Waals surface area contributed by atoms with Crippen molar-refractivity contribution in [1.82, 2.24) is 5.16 Å². The van der Waals surface area contributed by atoms with Crippen molar-refractivity contribution in [2.75, 3.05) is 24.3 Å². The molecular weight excluding hydrogens is 416 g/mol. The summed E-state index contributed by atoms with van der Waals surface area (Å²) in [5, 5.41) is 3.85. The highest BCUT2D eigenvalue weighted by Gasteiger charge is 2.26. The minimum atomic E-state index is -3.77. The van der Waals surface area contributed by atoms with Crippen molar-refractivity contribution in [3.8, 4) is 17.1 Å². The number of para-hydroxylation sites is 1. The number of rotatable bonds is 6. The van der Waals surface area contributed by atoms with Crippen molar-refractivity contribution >= 4 is 21.4 Å². The van der Waals surface area contributed by atoms with Crippen LogP contribution in [0.4, 0.5) is 5.69 Å².